The van der Waals surface area contributed by atoms with Crippen molar-refractivity contribution in [3.63, 3.8) is 0 Å². The van der Waals surface area contributed by atoms with Crippen LogP contribution in [0, 0.1) is 0 Å². The highest BCUT2D eigenvalue weighted by Gasteiger charge is 2.28. The van der Waals surface area contributed by atoms with Gasteiger partial charge in [-0.1, -0.05) is 61.4 Å². The Morgan fingerprint density at radius 2 is 1.80 bits per heavy atom. The number of fused-ring (bicyclic) bond motifs is 1. The molecule has 3 aromatic rings. The molecule has 0 amide bonds. The van der Waals surface area contributed by atoms with Gasteiger partial charge in [0.1, 0.15) is 0 Å². The average Bonchev–Trinajstić information content (AvgIpc) is 2.68. The van der Waals surface area contributed by atoms with Gasteiger partial charge in [0.2, 0.25) is 0 Å². The van der Waals surface area contributed by atoms with E-state index in [-0.39, 0.29) is 0 Å². The number of hydrogen-bond acceptors (Lipinski definition) is 2. The van der Waals surface area contributed by atoms with Crippen LogP contribution in [0.3, 0.4) is 0 Å². The van der Waals surface area contributed by atoms with Crippen molar-refractivity contribution in [2.24, 2.45) is 0 Å². The maximum absolute atomic E-state index is 4.34. The predicted octanol–water partition coefficient (Wildman–Crippen LogP) is 5.61. The molecule has 0 bridgehead atoms. The second-order valence-electron chi connectivity index (χ2n) is 7.24. The maximum Gasteiger partial charge on any atom is 0.0303 e. The van der Waals surface area contributed by atoms with Crippen LogP contribution in [0.2, 0.25) is 0 Å². The zero-order valence-corrected chi connectivity index (χ0v) is 14.9. The normalized spacial score (nSPS) is 22.0. The Morgan fingerprint density at radius 1 is 0.960 bits per heavy atom. The molecule has 2 aromatic carbocycles. The fourth-order valence-electron chi connectivity index (χ4n) is 4.36. The van der Waals surface area contributed by atoms with Crippen LogP contribution in [0.1, 0.15) is 55.7 Å². The first-order chi connectivity index (χ1) is 12.3. The molecule has 1 heterocycles. The molecule has 0 saturated heterocycles. The molecule has 4 rings (SSSR count). The molecule has 1 N–H and O–H groups in total. The SMILES string of the molecule is C[C@@H](N[C@@H]1CCCC[C@H]1c1cccnc1)c1cccc2ccccc12. The van der Waals surface area contributed by atoms with Gasteiger partial charge >= 0.3 is 0 Å². The number of hydrogen-bond donors (Lipinski definition) is 1. The second kappa shape index (κ2) is 7.37. The number of nitrogens with zero attached hydrogens (tertiary/aromatic N) is 1. The Bertz CT molecular complexity index is 822. The summed E-state index contributed by atoms with van der Waals surface area (Å²) in [7, 11) is 0. The largest absolute Gasteiger partial charge is 0.307 e. The zero-order valence-electron chi connectivity index (χ0n) is 14.9. The Hall–Kier alpha value is -2.19. The molecule has 1 fully saturated rings. The molecule has 25 heavy (non-hydrogen) atoms. The summed E-state index contributed by atoms with van der Waals surface area (Å²) >= 11 is 0. The van der Waals surface area contributed by atoms with Gasteiger partial charge in [0.05, 0.1) is 0 Å². The fraction of sp³-hybridized carbons (Fsp3) is 0.348. The van der Waals surface area contributed by atoms with Crippen LogP contribution in [0.15, 0.2) is 67.0 Å². The molecule has 2 nitrogen and oxygen atoms in total. The van der Waals surface area contributed by atoms with Crippen molar-refractivity contribution in [2.45, 2.75) is 50.6 Å². The molecule has 1 aliphatic rings. The van der Waals surface area contributed by atoms with Crippen LogP contribution < -0.4 is 5.32 Å². The van der Waals surface area contributed by atoms with Gasteiger partial charge in [0, 0.05) is 30.4 Å². The minimum Gasteiger partial charge on any atom is -0.307 e. The van der Waals surface area contributed by atoms with E-state index in [1.807, 2.05) is 12.4 Å². The molecular weight excluding hydrogens is 304 g/mol. The van der Waals surface area contributed by atoms with E-state index in [1.165, 1.54) is 47.6 Å². The van der Waals surface area contributed by atoms with Gasteiger partial charge in [-0.05, 0) is 47.7 Å². The standard InChI is InChI=1S/C23H26N2/c1-17(20-13-6-9-18-8-2-3-11-21(18)20)25-23-14-5-4-12-22(23)19-10-7-15-24-16-19/h2-3,6-11,13,15-17,22-23,25H,4-5,12,14H2,1H3/t17-,22+,23-/m1/s1. The van der Waals surface area contributed by atoms with Crippen molar-refractivity contribution < 1.29 is 0 Å². The third kappa shape index (κ3) is 3.45. The third-order valence-corrected chi connectivity index (χ3v) is 5.63. The summed E-state index contributed by atoms with van der Waals surface area (Å²) in [6, 6.07) is 20.5. The average molecular weight is 330 g/mol. The van der Waals surface area contributed by atoms with Gasteiger partial charge in [-0.15, -0.1) is 0 Å². The van der Waals surface area contributed by atoms with E-state index in [9.17, 15) is 0 Å². The van der Waals surface area contributed by atoms with Crippen LogP contribution in [0.5, 0.6) is 0 Å². The Labute approximate surface area is 150 Å². The van der Waals surface area contributed by atoms with Crippen molar-refractivity contribution in [2.75, 3.05) is 0 Å². The van der Waals surface area contributed by atoms with Gasteiger partial charge in [-0.3, -0.25) is 4.98 Å². The molecule has 2 heteroatoms. The molecule has 3 atom stereocenters. The van der Waals surface area contributed by atoms with Crippen LogP contribution in [0.4, 0.5) is 0 Å². The first kappa shape index (κ1) is 16.3. The lowest BCUT2D eigenvalue weighted by Crippen LogP contribution is -2.38. The van der Waals surface area contributed by atoms with E-state index in [2.05, 4.69) is 71.8 Å². The molecular formula is C23H26N2. The van der Waals surface area contributed by atoms with E-state index in [4.69, 9.17) is 0 Å². The van der Waals surface area contributed by atoms with Crippen molar-refractivity contribution in [3.05, 3.63) is 78.1 Å². The molecule has 0 aliphatic heterocycles. The molecule has 1 saturated carbocycles. The lowest BCUT2D eigenvalue weighted by Gasteiger charge is -2.35. The molecule has 1 aliphatic carbocycles. The summed E-state index contributed by atoms with van der Waals surface area (Å²) in [5.74, 6) is 0.569. The van der Waals surface area contributed by atoms with Gasteiger partial charge in [-0.25, -0.2) is 0 Å². The van der Waals surface area contributed by atoms with E-state index in [1.54, 1.807) is 0 Å². The summed E-state index contributed by atoms with van der Waals surface area (Å²) in [6.45, 7) is 2.30. The Balaban J connectivity index is 1.59. The quantitative estimate of drug-likeness (QED) is 0.672. The van der Waals surface area contributed by atoms with E-state index in [0.29, 0.717) is 18.0 Å². The zero-order chi connectivity index (χ0) is 17.1. The fourth-order valence-corrected chi connectivity index (χ4v) is 4.36. The summed E-state index contributed by atoms with van der Waals surface area (Å²) in [5, 5.41) is 6.63. The van der Waals surface area contributed by atoms with Crippen molar-refractivity contribution in [3.8, 4) is 0 Å². The number of aromatic nitrogens is 1. The number of nitrogens with one attached hydrogen (secondary N) is 1. The second-order valence-corrected chi connectivity index (χ2v) is 7.24. The minimum atomic E-state index is 0.341. The monoisotopic (exact) mass is 330 g/mol. The Morgan fingerprint density at radius 3 is 2.68 bits per heavy atom. The van der Waals surface area contributed by atoms with Crippen molar-refractivity contribution in [1.82, 2.24) is 10.3 Å². The first-order valence-electron chi connectivity index (χ1n) is 9.46. The summed E-state index contributed by atoms with van der Waals surface area (Å²) in [6.07, 6.45) is 9.05. The molecule has 0 radical (unpaired) electrons. The van der Waals surface area contributed by atoms with Gasteiger partial charge in [0.25, 0.3) is 0 Å². The Kier molecular flexibility index (Phi) is 4.80. The highest BCUT2D eigenvalue weighted by Crippen LogP contribution is 2.34. The lowest BCUT2D eigenvalue weighted by atomic mass is 9.80. The van der Waals surface area contributed by atoms with Gasteiger partial charge in [-0.2, -0.15) is 0 Å². The van der Waals surface area contributed by atoms with Gasteiger partial charge in [0.15, 0.2) is 0 Å². The molecule has 0 unspecified atom stereocenters. The number of pyridine rings is 1. The summed E-state index contributed by atoms with van der Waals surface area (Å²) in [4.78, 5) is 4.34. The number of rotatable bonds is 4. The maximum atomic E-state index is 4.34. The molecule has 128 valence electrons. The van der Waals surface area contributed by atoms with E-state index in [0.717, 1.165) is 0 Å². The first-order valence-corrected chi connectivity index (χ1v) is 9.46. The third-order valence-electron chi connectivity index (χ3n) is 5.63. The van der Waals surface area contributed by atoms with Crippen molar-refractivity contribution >= 4 is 10.8 Å². The predicted molar refractivity (Wildman–Crippen MR) is 105 cm³/mol. The molecule has 0 spiro atoms. The van der Waals surface area contributed by atoms with Gasteiger partial charge < -0.3 is 5.32 Å². The topological polar surface area (TPSA) is 24.9 Å². The lowest BCUT2D eigenvalue weighted by molar-refractivity contribution is 0.306. The van der Waals surface area contributed by atoms with Crippen LogP contribution in [0.25, 0.3) is 10.8 Å². The smallest absolute Gasteiger partial charge is 0.0303 e. The summed E-state index contributed by atoms with van der Waals surface area (Å²) < 4.78 is 0. The van der Waals surface area contributed by atoms with Crippen LogP contribution in [-0.4, -0.2) is 11.0 Å². The highest BCUT2D eigenvalue weighted by atomic mass is 15.0. The van der Waals surface area contributed by atoms with Crippen LogP contribution >= 0.6 is 0 Å². The van der Waals surface area contributed by atoms with E-state index < -0.39 is 0 Å². The summed E-state index contributed by atoms with van der Waals surface area (Å²) in [5.41, 5.74) is 2.78. The number of benzene rings is 2. The minimum absolute atomic E-state index is 0.341. The van der Waals surface area contributed by atoms with Crippen molar-refractivity contribution in [1.29, 1.82) is 0 Å². The van der Waals surface area contributed by atoms with E-state index >= 15 is 0 Å². The van der Waals surface area contributed by atoms with Crippen LogP contribution in [-0.2, 0) is 0 Å². The highest BCUT2D eigenvalue weighted by molar-refractivity contribution is 5.86. The molecule has 1 aromatic heterocycles.